The number of nitrogens with one attached hydrogen (secondary N) is 1. The molecule has 1 fully saturated rings. The number of nitrogens with two attached hydrogens (primary N) is 1. The Labute approximate surface area is 92.5 Å². The summed E-state index contributed by atoms with van der Waals surface area (Å²) in [5, 5.41) is 3.43. The Morgan fingerprint density at radius 3 is 2.73 bits per heavy atom. The predicted octanol–water partition coefficient (Wildman–Crippen LogP) is 1.59. The van der Waals surface area contributed by atoms with Crippen molar-refractivity contribution in [2.75, 3.05) is 22.6 Å². The maximum atomic E-state index is 11.2. The molecular weight excluding hydrogens is 208 g/mol. The van der Waals surface area contributed by atoms with Crippen molar-refractivity contribution in [3.63, 3.8) is 0 Å². The first-order valence-electron chi connectivity index (χ1n) is 5.21. The summed E-state index contributed by atoms with van der Waals surface area (Å²) in [4.78, 5) is 0. The first kappa shape index (κ1) is 10.5. The van der Waals surface area contributed by atoms with E-state index in [1.54, 1.807) is 0 Å². The quantitative estimate of drug-likeness (QED) is 0.750. The zero-order valence-corrected chi connectivity index (χ0v) is 9.43. The van der Waals surface area contributed by atoms with Crippen molar-refractivity contribution in [1.29, 1.82) is 0 Å². The lowest BCUT2D eigenvalue weighted by Crippen LogP contribution is -2.29. The highest BCUT2D eigenvalue weighted by molar-refractivity contribution is 7.85. The third kappa shape index (κ3) is 2.96. The van der Waals surface area contributed by atoms with Gasteiger partial charge < -0.3 is 11.1 Å². The highest BCUT2D eigenvalue weighted by Gasteiger charge is 2.17. The lowest BCUT2D eigenvalue weighted by atomic mass is 10.1. The third-order valence-corrected chi connectivity index (χ3v) is 4.03. The number of hydrogen-bond acceptors (Lipinski definition) is 3. The topological polar surface area (TPSA) is 55.1 Å². The molecule has 0 unspecified atom stereocenters. The second-order valence-corrected chi connectivity index (χ2v) is 5.59. The largest absolute Gasteiger partial charge is 0.399 e. The molecule has 0 atom stereocenters. The van der Waals surface area contributed by atoms with Crippen LogP contribution in [0, 0.1) is 0 Å². The molecule has 82 valence electrons. The average molecular weight is 224 g/mol. The van der Waals surface area contributed by atoms with Crippen molar-refractivity contribution in [3.8, 4) is 0 Å². The summed E-state index contributed by atoms with van der Waals surface area (Å²) in [7, 11) is -0.588. The fourth-order valence-electron chi connectivity index (χ4n) is 1.80. The fraction of sp³-hybridized carbons (Fsp3) is 0.455. The second kappa shape index (κ2) is 4.66. The van der Waals surface area contributed by atoms with Gasteiger partial charge in [-0.15, -0.1) is 0 Å². The van der Waals surface area contributed by atoms with E-state index in [2.05, 4.69) is 5.32 Å². The average Bonchev–Trinajstić information content (AvgIpc) is 2.22. The summed E-state index contributed by atoms with van der Waals surface area (Å²) in [6, 6.07) is 8.22. The molecule has 1 aromatic carbocycles. The minimum absolute atomic E-state index is 0.449. The van der Waals surface area contributed by atoms with E-state index in [4.69, 9.17) is 5.73 Å². The smallest absolute Gasteiger partial charge is 0.0362 e. The van der Waals surface area contributed by atoms with Gasteiger partial charge >= 0.3 is 0 Å². The molecule has 0 aromatic heterocycles. The highest BCUT2D eigenvalue weighted by Crippen LogP contribution is 2.18. The lowest BCUT2D eigenvalue weighted by Gasteiger charge is -2.23. The van der Waals surface area contributed by atoms with Crippen molar-refractivity contribution >= 4 is 22.2 Å². The van der Waals surface area contributed by atoms with Crippen LogP contribution < -0.4 is 11.1 Å². The van der Waals surface area contributed by atoms with Crippen molar-refractivity contribution in [2.45, 2.75) is 18.9 Å². The third-order valence-electron chi connectivity index (χ3n) is 2.65. The number of nitrogen functional groups attached to an aromatic ring is 1. The van der Waals surface area contributed by atoms with Gasteiger partial charge in [0.05, 0.1) is 0 Å². The Hall–Kier alpha value is -1.03. The Bertz CT molecular complexity index is 357. The predicted molar refractivity (Wildman–Crippen MR) is 65.4 cm³/mol. The molecule has 0 amide bonds. The minimum Gasteiger partial charge on any atom is -0.399 e. The summed E-state index contributed by atoms with van der Waals surface area (Å²) < 4.78 is 11.2. The van der Waals surface area contributed by atoms with Gasteiger partial charge in [0.15, 0.2) is 0 Å². The zero-order valence-electron chi connectivity index (χ0n) is 8.61. The van der Waals surface area contributed by atoms with E-state index in [0.29, 0.717) is 6.04 Å². The van der Waals surface area contributed by atoms with Gasteiger partial charge in [0, 0.05) is 39.7 Å². The van der Waals surface area contributed by atoms with Crippen LogP contribution in [0.2, 0.25) is 0 Å². The molecule has 1 aliphatic rings. The molecule has 0 aliphatic carbocycles. The van der Waals surface area contributed by atoms with Gasteiger partial charge in [0.25, 0.3) is 0 Å². The van der Waals surface area contributed by atoms with Gasteiger partial charge in [0.1, 0.15) is 0 Å². The van der Waals surface area contributed by atoms with Crippen molar-refractivity contribution in [3.05, 3.63) is 24.3 Å². The van der Waals surface area contributed by atoms with Gasteiger partial charge in [-0.1, -0.05) is 6.07 Å². The Kier molecular flexibility index (Phi) is 3.26. The summed E-state index contributed by atoms with van der Waals surface area (Å²) >= 11 is 0. The molecule has 3 nitrogen and oxygen atoms in total. The van der Waals surface area contributed by atoms with Crippen LogP contribution in [0.3, 0.4) is 0 Å². The van der Waals surface area contributed by atoms with Gasteiger partial charge in [-0.25, -0.2) is 0 Å². The molecule has 0 bridgehead atoms. The van der Waals surface area contributed by atoms with E-state index in [0.717, 1.165) is 35.7 Å². The molecule has 2 rings (SSSR count). The van der Waals surface area contributed by atoms with Crippen LogP contribution in [0.15, 0.2) is 24.3 Å². The number of anilines is 2. The number of benzene rings is 1. The lowest BCUT2D eigenvalue weighted by molar-refractivity contribution is 0.624. The van der Waals surface area contributed by atoms with Gasteiger partial charge in [-0.3, -0.25) is 4.21 Å². The zero-order chi connectivity index (χ0) is 10.7. The maximum absolute atomic E-state index is 11.2. The molecule has 1 aliphatic heterocycles. The Balaban J connectivity index is 1.94. The van der Waals surface area contributed by atoms with Crippen molar-refractivity contribution in [1.82, 2.24) is 0 Å². The first-order chi connectivity index (χ1) is 7.24. The van der Waals surface area contributed by atoms with Crippen LogP contribution in [-0.4, -0.2) is 21.8 Å². The van der Waals surface area contributed by atoms with E-state index in [-0.39, 0.29) is 0 Å². The monoisotopic (exact) mass is 224 g/mol. The van der Waals surface area contributed by atoms with Crippen LogP contribution >= 0.6 is 0 Å². The molecule has 0 spiro atoms. The molecule has 1 heterocycles. The van der Waals surface area contributed by atoms with E-state index in [1.807, 2.05) is 24.3 Å². The standard InChI is InChI=1S/C11H16N2OS/c12-9-2-1-3-11(8-9)13-10-4-6-15(14)7-5-10/h1-3,8,10,13H,4-7,12H2. The Morgan fingerprint density at radius 1 is 1.33 bits per heavy atom. The van der Waals surface area contributed by atoms with Crippen LogP contribution in [0.4, 0.5) is 11.4 Å². The van der Waals surface area contributed by atoms with Gasteiger partial charge in [0.2, 0.25) is 0 Å². The molecule has 3 N–H and O–H groups in total. The van der Waals surface area contributed by atoms with Crippen LogP contribution in [0.5, 0.6) is 0 Å². The second-order valence-electron chi connectivity index (χ2n) is 3.89. The summed E-state index contributed by atoms with van der Waals surface area (Å²) in [5.74, 6) is 1.64. The van der Waals surface area contributed by atoms with Crippen molar-refractivity contribution in [2.24, 2.45) is 0 Å². The maximum Gasteiger partial charge on any atom is 0.0362 e. The SMILES string of the molecule is Nc1cccc(NC2CCS(=O)CC2)c1. The van der Waals surface area contributed by atoms with Crippen LogP contribution in [0.1, 0.15) is 12.8 Å². The van der Waals surface area contributed by atoms with E-state index >= 15 is 0 Å². The summed E-state index contributed by atoms with van der Waals surface area (Å²) in [6.45, 7) is 0. The minimum atomic E-state index is -0.588. The van der Waals surface area contributed by atoms with Gasteiger partial charge in [-0.2, -0.15) is 0 Å². The number of rotatable bonds is 2. The van der Waals surface area contributed by atoms with Gasteiger partial charge in [-0.05, 0) is 31.0 Å². The molecule has 1 aromatic rings. The highest BCUT2D eigenvalue weighted by atomic mass is 32.2. The summed E-state index contributed by atoms with van der Waals surface area (Å²) in [5.41, 5.74) is 7.54. The molecule has 1 saturated heterocycles. The normalized spacial score (nSPS) is 26.1. The van der Waals surface area contributed by atoms with Crippen LogP contribution in [-0.2, 0) is 10.8 Å². The van der Waals surface area contributed by atoms with E-state index in [9.17, 15) is 4.21 Å². The fourth-order valence-corrected chi connectivity index (χ4v) is 3.10. The van der Waals surface area contributed by atoms with E-state index in [1.165, 1.54) is 0 Å². The van der Waals surface area contributed by atoms with E-state index < -0.39 is 10.8 Å². The van der Waals surface area contributed by atoms with Crippen molar-refractivity contribution < 1.29 is 4.21 Å². The first-order valence-corrected chi connectivity index (χ1v) is 6.70. The Morgan fingerprint density at radius 2 is 2.07 bits per heavy atom. The van der Waals surface area contributed by atoms with Crippen LogP contribution in [0.25, 0.3) is 0 Å². The molecule has 0 radical (unpaired) electrons. The molecule has 4 heteroatoms. The molecule has 0 saturated carbocycles. The molecular formula is C11H16N2OS. The summed E-state index contributed by atoms with van der Waals surface area (Å²) in [6.07, 6.45) is 1.98. The number of hydrogen-bond donors (Lipinski definition) is 2. The molecule has 15 heavy (non-hydrogen) atoms.